The predicted molar refractivity (Wildman–Crippen MR) is 132 cm³/mol. The zero-order valence-electron chi connectivity index (χ0n) is 19.1. The van der Waals surface area contributed by atoms with E-state index in [0.717, 1.165) is 37.0 Å². The van der Waals surface area contributed by atoms with Crippen LogP contribution in [-0.4, -0.2) is 28.9 Å². The van der Waals surface area contributed by atoms with Crippen LogP contribution in [-0.2, 0) is 16.6 Å². The van der Waals surface area contributed by atoms with Gasteiger partial charge < -0.3 is 10.4 Å². The summed E-state index contributed by atoms with van der Waals surface area (Å²) in [5.41, 5.74) is 0.195. The first-order valence-electron chi connectivity index (χ1n) is 12.2. The fraction of sp³-hybridized carbons (Fsp3) is 0.423. The van der Waals surface area contributed by atoms with Gasteiger partial charge in [-0.1, -0.05) is 12.1 Å². The van der Waals surface area contributed by atoms with E-state index in [-0.39, 0.29) is 27.5 Å². The largest absolute Gasteiger partial charge is 0.506 e. The highest BCUT2D eigenvalue weighted by atomic mass is 32.2. The van der Waals surface area contributed by atoms with Crippen molar-refractivity contribution in [2.45, 2.75) is 50.0 Å². The van der Waals surface area contributed by atoms with Gasteiger partial charge in [0.15, 0.2) is 5.84 Å². The Kier molecular flexibility index (Phi) is 4.32. The predicted octanol–water partition coefficient (Wildman–Crippen LogP) is 3.88. The Morgan fingerprint density at radius 1 is 1.03 bits per heavy atom. The van der Waals surface area contributed by atoms with E-state index in [1.165, 1.54) is 25.3 Å². The Morgan fingerprint density at radius 3 is 2.43 bits per heavy atom. The van der Waals surface area contributed by atoms with E-state index >= 15 is 0 Å². The van der Waals surface area contributed by atoms with E-state index in [4.69, 9.17) is 0 Å². The molecule has 180 valence electrons. The minimum absolute atomic E-state index is 0.0394. The summed E-state index contributed by atoms with van der Waals surface area (Å²) < 4.78 is 31.4. The number of benzene rings is 1. The maximum absolute atomic E-state index is 14.0. The summed E-state index contributed by atoms with van der Waals surface area (Å²) in [6, 6.07) is 9.83. The van der Waals surface area contributed by atoms with Crippen molar-refractivity contribution in [3.63, 3.8) is 0 Å². The highest BCUT2D eigenvalue weighted by Crippen LogP contribution is 2.60. The summed E-state index contributed by atoms with van der Waals surface area (Å²) in [6.45, 7) is 0.521. The lowest BCUT2D eigenvalue weighted by atomic mass is 9.49. The first kappa shape index (κ1) is 21.1. The number of sulfonamides is 1. The number of amidine groups is 1. The molecule has 8 nitrogen and oxygen atoms in total. The van der Waals surface area contributed by atoms with Gasteiger partial charge in [-0.2, -0.15) is 8.42 Å². The van der Waals surface area contributed by atoms with Gasteiger partial charge in [0.05, 0.1) is 11.1 Å². The van der Waals surface area contributed by atoms with Crippen molar-refractivity contribution < 1.29 is 13.5 Å². The number of rotatable bonds is 3. The molecule has 9 heteroatoms. The minimum atomic E-state index is -4.03. The van der Waals surface area contributed by atoms with Crippen LogP contribution in [0.1, 0.15) is 44.1 Å². The van der Waals surface area contributed by atoms with Crippen LogP contribution in [0.25, 0.3) is 11.0 Å². The molecule has 0 atom stereocenters. The number of fused-ring (bicyclic) bond motifs is 2. The molecule has 0 amide bonds. The van der Waals surface area contributed by atoms with Crippen LogP contribution in [0, 0.1) is 23.2 Å². The highest BCUT2D eigenvalue weighted by molar-refractivity contribution is 7.90. The zero-order valence-corrected chi connectivity index (χ0v) is 20.0. The Labute approximate surface area is 202 Å². The summed E-state index contributed by atoms with van der Waals surface area (Å²) in [4.78, 5) is 18.5. The number of pyridine rings is 2. The van der Waals surface area contributed by atoms with Gasteiger partial charge in [-0.15, -0.1) is 4.40 Å². The van der Waals surface area contributed by atoms with Gasteiger partial charge >= 0.3 is 0 Å². The van der Waals surface area contributed by atoms with Gasteiger partial charge in [0, 0.05) is 12.7 Å². The number of hydrogen-bond acceptors (Lipinski definition) is 6. The second-order valence-electron chi connectivity index (χ2n) is 10.9. The van der Waals surface area contributed by atoms with E-state index in [1.54, 1.807) is 41.1 Å². The van der Waals surface area contributed by atoms with Crippen molar-refractivity contribution in [1.29, 1.82) is 0 Å². The maximum Gasteiger partial charge on any atom is 0.286 e. The molecule has 5 aliphatic rings. The Balaban J connectivity index is 1.41. The van der Waals surface area contributed by atoms with Crippen LogP contribution in [0.5, 0.6) is 5.75 Å². The molecule has 4 bridgehead atoms. The van der Waals surface area contributed by atoms with Crippen molar-refractivity contribution in [2.24, 2.45) is 27.6 Å². The van der Waals surface area contributed by atoms with E-state index in [1.807, 2.05) is 0 Å². The van der Waals surface area contributed by atoms with E-state index in [2.05, 4.69) is 14.7 Å². The SMILES string of the molecule is O=c1c(C2=NS(=O)(=O)c3ccccc3N2)c(O)c2cccnc2n1CC12CC3CC(CC(C3)C1)C2. The summed E-state index contributed by atoms with van der Waals surface area (Å²) in [6.07, 6.45) is 8.84. The molecule has 1 aromatic carbocycles. The van der Waals surface area contributed by atoms with Crippen LogP contribution >= 0.6 is 0 Å². The Hall–Kier alpha value is -3.20. The summed E-state index contributed by atoms with van der Waals surface area (Å²) in [5.74, 6) is 1.70. The number of para-hydroxylation sites is 1. The minimum Gasteiger partial charge on any atom is -0.506 e. The topological polar surface area (TPSA) is 114 Å². The Morgan fingerprint density at radius 2 is 1.71 bits per heavy atom. The average molecular weight is 491 g/mol. The number of aromatic hydroxyl groups is 1. The second-order valence-corrected chi connectivity index (χ2v) is 12.5. The molecule has 4 fully saturated rings. The molecule has 0 unspecified atom stereocenters. The molecule has 0 spiro atoms. The van der Waals surface area contributed by atoms with E-state index in [0.29, 0.717) is 23.3 Å². The molecule has 1 aliphatic heterocycles. The third-order valence-corrected chi connectivity index (χ3v) is 9.85. The van der Waals surface area contributed by atoms with Crippen molar-refractivity contribution in [1.82, 2.24) is 9.55 Å². The summed E-state index contributed by atoms with van der Waals surface area (Å²) in [5, 5.41) is 14.6. The van der Waals surface area contributed by atoms with Crippen LogP contribution in [0.15, 0.2) is 56.7 Å². The van der Waals surface area contributed by atoms with Crippen molar-refractivity contribution in [3.8, 4) is 5.75 Å². The third kappa shape index (κ3) is 3.17. The number of anilines is 1. The fourth-order valence-corrected chi connectivity index (χ4v) is 8.79. The van der Waals surface area contributed by atoms with Gasteiger partial charge in [0.25, 0.3) is 15.6 Å². The van der Waals surface area contributed by atoms with Crippen molar-refractivity contribution >= 4 is 32.6 Å². The Bertz CT molecular complexity index is 1560. The standard InChI is InChI=1S/C26H26N4O4S/c31-22-18-4-3-7-27-24(18)30(14-26-11-15-8-16(12-26)10-17(9-15)13-26)25(32)21(22)23-28-19-5-1-2-6-20(19)35(33,34)29-23/h1-7,15-17,31H,8-14H2,(H,28,29). The van der Waals surface area contributed by atoms with Gasteiger partial charge in [-0.3, -0.25) is 9.36 Å². The smallest absolute Gasteiger partial charge is 0.286 e. The molecule has 8 rings (SSSR count). The number of hydrogen-bond donors (Lipinski definition) is 2. The lowest BCUT2D eigenvalue weighted by Gasteiger charge is -2.57. The van der Waals surface area contributed by atoms with Gasteiger partial charge in [0.2, 0.25) is 0 Å². The first-order valence-corrected chi connectivity index (χ1v) is 13.7. The molecule has 2 aromatic heterocycles. The molecule has 0 radical (unpaired) electrons. The van der Waals surface area contributed by atoms with Crippen molar-refractivity contribution in [2.75, 3.05) is 5.32 Å². The second kappa shape index (κ2) is 7.16. The normalized spacial score (nSPS) is 30.1. The molecule has 3 heterocycles. The highest BCUT2D eigenvalue weighted by Gasteiger charge is 2.51. The summed E-state index contributed by atoms with van der Waals surface area (Å²) in [7, 11) is -4.03. The van der Waals surface area contributed by atoms with Gasteiger partial charge in [-0.05, 0) is 86.0 Å². The third-order valence-electron chi connectivity index (χ3n) is 8.52. The first-order chi connectivity index (χ1) is 16.8. The van der Waals surface area contributed by atoms with Crippen molar-refractivity contribution in [3.05, 3.63) is 58.5 Å². The van der Waals surface area contributed by atoms with Crippen LogP contribution < -0.4 is 10.9 Å². The molecule has 4 saturated carbocycles. The maximum atomic E-state index is 14.0. The lowest BCUT2D eigenvalue weighted by molar-refractivity contribution is -0.0618. The molecule has 2 N–H and O–H groups in total. The van der Waals surface area contributed by atoms with Crippen LogP contribution in [0.3, 0.4) is 0 Å². The molecule has 4 aliphatic carbocycles. The van der Waals surface area contributed by atoms with Gasteiger partial charge in [0.1, 0.15) is 21.9 Å². The van der Waals surface area contributed by atoms with Crippen LogP contribution in [0.4, 0.5) is 5.69 Å². The fourth-order valence-electron chi connectivity index (χ4n) is 7.67. The molecular formula is C26H26N4O4S. The number of nitrogens with one attached hydrogen (secondary N) is 1. The van der Waals surface area contributed by atoms with E-state index < -0.39 is 15.6 Å². The van der Waals surface area contributed by atoms with E-state index in [9.17, 15) is 18.3 Å². The monoisotopic (exact) mass is 490 g/mol. The van der Waals surface area contributed by atoms with Gasteiger partial charge in [-0.25, -0.2) is 4.98 Å². The average Bonchev–Trinajstić information content (AvgIpc) is 2.81. The zero-order chi connectivity index (χ0) is 23.9. The quantitative estimate of drug-likeness (QED) is 0.576. The summed E-state index contributed by atoms with van der Waals surface area (Å²) >= 11 is 0. The number of nitrogens with zero attached hydrogens (tertiary/aromatic N) is 3. The lowest BCUT2D eigenvalue weighted by Crippen LogP contribution is -2.49. The molecule has 35 heavy (non-hydrogen) atoms. The molecular weight excluding hydrogens is 464 g/mol. The van der Waals surface area contributed by atoms with Crippen LogP contribution in [0.2, 0.25) is 0 Å². The molecule has 0 saturated heterocycles. The number of aromatic nitrogens is 2. The molecule has 3 aromatic rings.